The molecule has 0 unspecified atom stereocenters. The van der Waals surface area contributed by atoms with Gasteiger partial charge in [-0.1, -0.05) is 72.3 Å². The summed E-state index contributed by atoms with van der Waals surface area (Å²) in [7, 11) is 0. The molecular formula is C28H22ClN3O3S. The normalized spacial score (nSPS) is 11.9. The van der Waals surface area contributed by atoms with Crippen LogP contribution in [0.15, 0.2) is 84.5 Å². The maximum Gasteiger partial charge on any atom is 0.320 e. The summed E-state index contributed by atoms with van der Waals surface area (Å²) in [5, 5.41) is 11.7. The minimum atomic E-state index is -1.01. The van der Waals surface area contributed by atoms with Crippen molar-refractivity contribution in [2.45, 2.75) is 19.1 Å². The van der Waals surface area contributed by atoms with E-state index >= 15 is 0 Å². The largest absolute Gasteiger partial charge is 0.480 e. The SMILES string of the molecule is N[C@@H](Cc1ccc(-c2csc3c(OCc4ccc(Cl)cc4-c4ccccc4)ncnc23)cc1)C(=O)O. The zero-order valence-corrected chi connectivity index (χ0v) is 20.7. The number of nitrogens with zero attached hydrogens (tertiary/aromatic N) is 2. The monoisotopic (exact) mass is 515 g/mol. The van der Waals surface area contributed by atoms with Gasteiger partial charge in [0.15, 0.2) is 0 Å². The van der Waals surface area contributed by atoms with Gasteiger partial charge < -0.3 is 15.6 Å². The minimum absolute atomic E-state index is 0.274. The number of nitrogens with two attached hydrogens (primary N) is 1. The molecule has 0 amide bonds. The molecule has 5 aromatic rings. The average molecular weight is 516 g/mol. The summed E-state index contributed by atoms with van der Waals surface area (Å²) >= 11 is 7.80. The lowest BCUT2D eigenvalue weighted by molar-refractivity contribution is -0.138. The molecule has 0 aliphatic heterocycles. The van der Waals surface area contributed by atoms with Crippen molar-refractivity contribution in [3.63, 3.8) is 0 Å². The van der Waals surface area contributed by atoms with E-state index in [9.17, 15) is 4.79 Å². The second-order valence-corrected chi connectivity index (χ2v) is 9.62. The van der Waals surface area contributed by atoms with E-state index in [0.29, 0.717) is 17.5 Å². The molecule has 36 heavy (non-hydrogen) atoms. The molecule has 2 heterocycles. The van der Waals surface area contributed by atoms with Gasteiger partial charge in [0.25, 0.3) is 0 Å². The van der Waals surface area contributed by atoms with Crippen LogP contribution < -0.4 is 10.5 Å². The molecule has 0 spiro atoms. The zero-order chi connectivity index (χ0) is 25.1. The summed E-state index contributed by atoms with van der Waals surface area (Å²) in [6.07, 6.45) is 1.78. The van der Waals surface area contributed by atoms with Gasteiger partial charge in [0.1, 0.15) is 23.7 Å². The Morgan fingerprint density at radius 1 is 1.00 bits per heavy atom. The Morgan fingerprint density at radius 3 is 2.50 bits per heavy atom. The molecular weight excluding hydrogens is 494 g/mol. The van der Waals surface area contributed by atoms with Crippen LogP contribution in [0.25, 0.3) is 32.5 Å². The van der Waals surface area contributed by atoms with Crippen LogP contribution >= 0.6 is 22.9 Å². The van der Waals surface area contributed by atoms with Crippen molar-refractivity contribution in [3.05, 3.63) is 101 Å². The highest BCUT2D eigenvalue weighted by molar-refractivity contribution is 7.18. The molecule has 3 aromatic carbocycles. The van der Waals surface area contributed by atoms with E-state index in [1.165, 1.54) is 17.7 Å². The number of aliphatic carboxylic acids is 1. The van der Waals surface area contributed by atoms with Gasteiger partial charge in [-0.2, -0.15) is 0 Å². The number of fused-ring (bicyclic) bond motifs is 1. The smallest absolute Gasteiger partial charge is 0.320 e. The first kappa shape index (κ1) is 23.9. The Kier molecular flexibility index (Phi) is 6.95. The molecule has 6 nitrogen and oxygen atoms in total. The molecule has 0 bridgehead atoms. The number of benzene rings is 3. The number of hydrogen-bond acceptors (Lipinski definition) is 6. The quantitative estimate of drug-likeness (QED) is 0.255. The van der Waals surface area contributed by atoms with Gasteiger partial charge in [-0.15, -0.1) is 11.3 Å². The lowest BCUT2D eigenvalue weighted by Gasteiger charge is -2.12. The minimum Gasteiger partial charge on any atom is -0.480 e. The van der Waals surface area contributed by atoms with Crippen LogP contribution in [0.4, 0.5) is 0 Å². The highest BCUT2D eigenvalue weighted by Crippen LogP contribution is 2.37. The van der Waals surface area contributed by atoms with E-state index in [1.807, 2.05) is 78.2 Å². The molecule has 1 atom stereocenters. The van der Waals surface area contributed by atoms with E-state index in [2.05, 4.69) is 9.97 Å². The van der Waals surface area contributed by atoms with Gasteiger partial charge >= 0.3 is 5.97 Å². The van der Waals surface area contributed by atoms with Crippen LogP contribution in [-0.2, 0) is 17.8 Å². The van der Waals surface area contributed by atoms with E-state index in [-0.39, 0.29) is 6.42 Å². The summed E-state index contributed by atoms with van der Waals surface area (Å²) in [6.45, 7) is 0.333. The van der Waals surface area contributed by atoms with Crippen molar-refractivity contribution in [2.75, 3.05) is 0 Å². The summed E-state index contributed by atoms with van der Waals surface area (Å²) in [4.78, 5) is 19.9. The molecule has 0 radical (unpaired) electrons. The first-order valence-corrected chi connectivity index (χ1v) is 12.5. The molecule has 2 aromatic heterocycles. The molecule has 180 valence electrons. The number of ether oxygens (including phenoxy) is 1. The molecule has 0 fully saturated rings. The first-order chi connectivity index (χ1) is 17.5. The van der Waals surface area contributed by atoms with Gasteiger partial charge in [0.2, 0.25) is 5.88 Å². The predicted molar refractivity (Wildman–Crippen MR) is 143 cm³/mol. The van der Waals surface area contributed by atoms with Crippen LogP contribution in [0.1, 0.15) is 11.1 Å². The predicted octanol–water partition coefficient (Wildman–Crippen LogP) is 6.21. The van der Waals surface area contributed by atoms with Crippen LogP contribution in [0.3, 0.4) is 0 Å². The van der Waals surface area contributed by atoms with Crippen molar-refractivity contribution in [1.82, 2.24) is 9.97 Å². The Morgan fingerprint density at radius 2 is 1.75 bits per heavy atom. The second kappa shape index (κ2) is 10.5. The first-order valence-electron chi connectivity index (χ1n) is 11.3. The number of aromatic nitrogens is 2. The van der Waals surface area contributed by atoms with Crippen molar-refractivity contribution in [3.8, 4) is 28.1 Å². The fraction of sp³-hybridized carbons (Fsp3) is 0.107. The van der Waals surface area contributed by atoms with Crippen LogP contribution in [0.5, 0.6) is 5.88 Å². The van der Waals surface area contributed by atoms with Crippen molar-refractivity contribution in [1.29, 1.82) is 0 Å². The third kappa shape index (κ3) is 5.09. The highest BCUT2D eigenvalue weighted by Gasteiger charge is 2.16. The van der Waals surface area contributed by atoms with Crippen molar-refractivity contribution in [2.24, 2.45) is 5.73 Å². The number of carboxylic acids is 1. The maximum absolute atomic E-state index is 11.0. The molecule has 3 N–H and O–H groups in total. The number of carbonyl (C=O) groups is 1. The van der Waals surface area contributed by atoms with E-state index in [1.54, 1.807) is 0 Å². The summed E-state index contributed by atoms with van der Waals surface area (Å²) in [5.41, 5.74) is 12.4. The van der Waals surface area contributed by atoms with E-state index in [4.69, 9.17) is 27.2 Å². The Bertz CT molecular complexity index is 1520. The summed E-state index contributed by atoms with van der Waals surface area (Å²) < 4.78 is 7.05. The van der Waals surface area contributed by atoms with Crippen LogP contribution in [0.2, 0.25) is 5.02 Å². The zero-order valence-electron chi connectivity index (χ0n) is 19.1. The van der Waals surface area contributed by atoms with Crippen LogP contribution in [-0.4, -0.2) is 27.1 Å². The van der Waals surface area contributed by atoms with Gasteiger partial charge in [0, 0.05) is 16.0 Å². The lowest BCUT2D eigenvalue weighted by Crippen LogP contribution is -2.32. The fourth-order valence-corrected chi connectivity index (χ4v) is 5.15. The summed E-state index contributed by atoms with van der Waals surface area (Å²) in [6, 6.07) is 22.6. The molecule has 0 aliphatic rings. The number of rotatable bonds is 8. The Labute approximate surface area is 217 Å². The third-order valence-corrected chi connectivity index (χ3v) is 7.07. The molecule has 0 aliphatic carbocycles. The van der Waals surface area contributed by atoms with Gasteiger partial charge in [0.05, 0.1) is 5.52 Å². The van der Waals surface area contributed by atoms with Crippen molar-refractivity contribution < 1.29 is 14.6 Å². The number of halogens is 1. The second-order valence-electron chi connectivity index (χ2n) is 8.31. The summed E-state index contributed by atoms with van der Waals surface area (Å²) in [5.74, 6) is -0.490. The number of thiophene rings is 1. The van der Waals surface area contributed by atoms with Gasteiger partial charge in [-0.25, -0.2) is 9.97 Å². The van der Waals surface area contributed by atoms with E-state index < -0.39 is 12.0 Å². The van der Waals surface area contributed by atoms with Crippen LogP contribution in [0, 0.1) is 0 Å². The molecule has 0 saturated heterocycles. The maximum atomic E-state index is 11.0. The third-order valence-electron chi connectivity index (χ3n) is 5.88. The lowest BCUT2D eigenvalue weighted by atomic mass is 10.0. The topological polar surface area (TPSA) is 98.3 Å². The average Bonchev–Trinajstić information content (AvgIpc) is 3.34. The van der Waals surface area contributed by atoms with Gasteiger partial charge in [-0.3, -0.25) is 4.79 Å². The van der Waals surface area contributed by atoms with Gasteiger partial charge in [-0.05, 0) is 46.4 Å². The fourth-order valence-electron chi connectivity index (χ4n) is 4.01. The Balaban J connectivity index is 1.39. The standard InChI is InChI=1S/C28H22ClN3O3S/c29-21-11-10-20(22(13-21)18-4-2-1-3-5-18)14-35-27-26-25(31-16-32-27)23(15-36-26)19-8-6-17(7-9-19)12-24(30)28(33)34/h1-11,13,15-16,24H,12,14,30H2,(H,33,34)/t24-/m0/s1. The van der Waals surface area contributed by atoms with E-state index in [0.717, 1.165) is 43.6 Å². The highest BCUT2D eigenvalue weighted by atomic mass is 35.5. The Hall–Kier alpha value is -3.78. The number of hydrogen-bond donors (Lipinski definition) is 2. The molecule has 8 heteroatoms. The van der Waals surface area contributed by atoms with Crippen molar-refractivity contribution >= 4 is 39.1 Å². The number of carboxylic acid groups (broad SMARTS) is 1. The molecule has 5 rings (SSSR count). The molecule has 0 saturated carbocycles.